The highest BCUT2D eigenvalue weighted by molar-refractivity contribution is 7.13. The molecule has 3 aliphatic rings. The molecule has 230 valence electrons. The number of hydrogen-bond donors (Lipinski definition) is 1. The number of rotatable bonds is 10. The molecule has 1 saturated carbocycles. The number of alkyl carbamates (subject to hydrolysis) is 1. The Kier molecular flexibility index (Phi) is 9.97. The molecule has 0 radical (unpaired) electrons. The van der Waals surface area contributed by atoms with Crippen molar-refractivity contribution in [2.45, 2.75) is 45.1 Å². The summed E-state index contributed by atoms with van der Waals surface area (Å²) >= 11 is 1.53. The molecule has 3 heterocycles. The van der Waals surface area contributed by atoms with E-state index in [0.717, 1.165) is 82.6 Å². The van der Waals surface area contributed by atoms with Crippen molar-refractivity contribution in [1.29, 1.82) is 0 Å². The van der Waals surface area contributed by atoms with Gasteiger partial charge in [-0.15, -0.1) is 0 Å². The lowest BCUT2D eigenvalue weighted by Crippen LogP contribution is -2.61. The molecule has 1 aromatic heterocycles. The van der Waals surface area contributed by atoms with Gasteiger partial charge in [-0.1, -0.05) is 55.3 Å². The van der Waals surface area contributed by atoms with E-state index in [9.17, 15) is 14.4 Å². The Morgan fingerprint density at radius 2 is 1.63 bits per heavy atom. The molecule has 10 heteroatoms. The zero-order valence-corrected chi connectivity index (χ0v) is 25.9. The Hall–Kier alpha value is -3.50. The van der Waals surface area contributed by atoms with Crippen LogP contribution >= 0.6 is 11.5 Å². The summed E-state index contributed by atoms with van der Waals surface area (Å²) in [7, 11) is 0. The largest absolute Gasteiger partial charge is 0.411 e. The van der Waals surface area contributed by atoms with Gasteiger partial charge >= 0.3 is 6.09 Å². The maximum absolute atomic E-state index is 12.9. The fourth-order valence-electron chi connectivity index (χ4n) is 6.80. The molecule has 2 aliphatic heterocycles. The fourth-order valence-corrected chi connectivity index (χ4v) is 7.60. The van der Waals surface area contributed by atoms with Gasteiger partial charge in [0.25, 0.3) is 0 Å². The first-order chi connectivity index (χ1) is 20.5. The average Bonchev–Trinajstić information content (AvgIpc) is 3.57. The van der Waals surface area contributed by atoms with E-state index in [1.165, 1.54) is 26.5 Å². The third kappa shape index (κ3) is 6.86. The van der Waals surface area contributed by atoms with Gasteiger partial charge in [0.2, 0.25) is 18.5 Å². The van der Waals surface area contributed by atoms with E-state index in [4.69, 9.17) is 9.11 Å². The molecule has 43 heavy (non-hydrogen) atoms. The fraction of sp³-hybridized carbons (Fsp3) is 0.485. The molecule has 2 aromatic carbocycles. The number of benzene rings is 2. The number of imide groups is 1. The Morgan fingerprint density at radius 3 is 2.35 bits per heavy atom. The third-order valence-corrected chi connectivity index (χ3v) is 10.1. The number of aromatic nitrogens is 1. The molecule has 0 bridgehead atoms. The first-order valence-corrected chi connectivity index (χ1v) is 16.0. The number of anilines is 1. The smallest absolute Gasteiger partial charge is 0.399 e. The number of ether oxygens (including phenoxy) is 1. The second-order valence-corrected chi connectivity index (χ2v) is 12.7. The number of likely N-dealkylation sites (tertiary alicyclic amines) is 1. The molecule has 1 aliphatic carbocycles. The normalized spacial score (nSPS) is 21.4. The Bertz CT molecular complexity index is 1380. The van der Waals surface area contributed by atoms with Crippen LogP contribution in [0.25, 0.3) is 10.1 Å². The van der Waals surface area contributed by atoms with Gasteiger partial charge in [0.1, 0.15) is 0 Å². The number of carbonyl (C=O) groups is 3. The van der Waals surface area contributed by atoms with Gasteiger partial charge in [0.15, 0.2) is 5.82 Å². The summed E-state index contributed by atoms with van der Waals surface area (Å²) in [6.45, 7) is 5.29. The van der Waals surface area contributed by atoms with E-state index in [1.54, 1.807) is 0 Å². The monoisotopic (exact) mass is 605 g/mol. The van der Waals surface area contributed by atoms with Crippen LogP contribution in [0.4, 0.5) is 10.6 Å². The van der Waals surface area contributed by atoms with Crippen molar-refractivity contribution in [2.75, 3.05) is 50.9 Å². The topological polar surface area (TPSA) is 91.8 Å². The minimum Gasteiger partial charge on any atom is -0.399 e. The lowest BCUT2D eigenvalue weighted by molar-refractivity contribution is -0.944. The number of nitrogens with one attached hydrogen (secondary N) is 1. The zero-order chi connectivity index (χ0) is 28.9. The lowest BCUT2D eigenvalue weighted by Gasteiger charge is -2.44. The second kappa shape index (κ2) is 13.9. The number of piperazine rings is 1. The highest BCUT2D eigenvalue weighted by atomic mass is 32.1. The van der Waals surface area contributed by atoms with Crippen LogP contribution in [-0.2, 0) is 20.9 Å². The van der Waals surface area contributed by atoms with Crippen LogP contribution in [0.3, 0.4) is 0 Å². The van der Waals surface area contributed by atoms with E-state index in [-0.39, 0.29) is 37.8 Å². The zero-order valence-electron chi connectivity index (χ0n) is 25.1. The van der Waals surface area contributed by atoms with Crippen molar-refractivity contribution in [3.63, 3.8) is 0 Å². The predicted molar refractivity (Wildman–Crippen MR) is 169 cm³/mol. The Labute approximate surface area is 258 Å². The van der Waals surface area contributed by atoms with Gasteiger partial charge in [-0.05, 0) is 54.9 Å². The highest BCUT2D eigenvalue weighted by Crippen LogP contribution is 2.38. The number of carbonyl (C=O) groups excluding carboxylic acids is 3. The maximum atomic E-state index is 12.9. The lowest BCUT2D eigenvalue weighted by atomic mass is 9.81. The van der Waals surface area contributed by atoms with Crippen molar-refractivity contribution in [3.05, 3.63) is 67.6 Å². The minimum absolute atomic E-state index is 0. The van der Waals surface area contributed by atoms with E-state index in [0.29, 0.717) is 17.6 Å². The summed E-state index contributed by atoms with van der Waals surface area (Å²) in [5.41, 5.74) is 1.02. The number of unbranched alkanes of at least 4 members (excludes halogenated alkanes) is 1. The molecule has 2 unspecified atom stereocenters. The van der Waals surface area contributed by atoms with Crippen LogP contribution < -0.4 is 10.2 Å². The summed E-state index contributed by atoms with van der Waals surface area (Å²) in [6, 6.07) is 18.1. The van der Waals surface area contributed by atoms with Crippen molar-refractivity contribution in [3.8, 4) is 0 Å². The first kappa shape index (κ1) is 30.9. The summed E-state index contributed by atoms with van der Waals surface area (Å²) < 4.78 is 12.4. The van der Waals surface area contributed by atoms with Crippen LogP contribution in [-0.4, -0.2) is 77.7 Å². The van der Waals surface area contributed by atoms with Crippen molar-refractivity contribution in [1.82, 2.24) is 14.6 Å². The molecule has 6 rings (SSSR count). The van der Waals surface area contributed by atoms with Crippen LogP contribution in [0.5, 0.6) is 0 Å². The summed E-state index contributed by atoms with van der Waals surface area (Å²) in [4.78, 5) is 42.4. The van der Waals surface area contributed by atoms with E-state index in [2.05, 4.69) is 28.4 Å². The van der Waals surface area contributed by atoms with E-state index >= 15 is 0 Å². The maximum Gasteiger partial charge on any atom is 0.411 e. The first-order valence-electron chi connectivity index (χ1n) is 15.3. The highest BCUT2D eigenvalue weighted by Gasteiger charge is 2.47. The molecule has 2 saturated heterocycles. The quantitative estimate of drug-likeness (QED) is 0.147. The Morgan fingerprint density at radius 1 is 0.953 bits per heavy atom. The van der Waals surface area contributed by atoms with Gasteiger partial charge in [-0.3, -0.25) is 19.0 Å². The number of fused-ring (bicyclic) bond motifs is 2. The molecule has 9 nitrogen and oxygen atoms in total. The number of nitrogens with zero attached hydrogens (tertiary/aromatic N) is 4. The van der Waals surface area contributed by atoms with Crippen LogP contribution in [0.1, 0.15) is 44.1 Å². The minimum atomic E-state index is -0.417. The molecular formula is C33H43N5O4S. The second-order valence-electron chi connectivity index (χ2n) is 11.9. The molecule has 3 fully saturated rings. The third-order valence-electron chi connectivity index (χ3n) is 9.29. The molecule has 1 N–H and O–H groups in total. The van der Waals surface area contributed by atoms with Crippen molar-refractivity contribution >= 4 is 45.3 Å². The van der Waals surface area contributed by atoms with Gasteiger partial charge in [-0.25, -0.2) is 4.79 Å². The summed E-state index contributed by atoms with van der Waals surface area (Å²) in [6.07, 6.45) is 4.97. The summed E-state index contributed by atoms with van der Waals surface area (Å²) in [5.74, 6) is 0.916. The van der Waals surface area contributed by atoms with Crippen molar-refractivity contribution in [2.24, 2.45) is 11.8 Å². The molecule has 3 amide bonds. The standard InChI is InChI=1S/C32H39N5O4S.CH3/c38-30-25-12-4-5-13-26(25)31(39)36(30)16-8-9-19-37(23-41-32(40)33-22-24-10-2-1-3-11-24)20-17-35(18-21-37)29-27-14-6-7-15-28(27)42-34-29;/h1-3,6-7,10-11,14-15,25-26H,4-5,8-9,12-13,16-23H2;1H3/q;-1/p+1. The number of amides is 3. The molecule has 3 aromatic rings. The molecular weight excluding hydrogens is 562 g/mol. The van der Waals surface area contributed by atoms with Crippen LogP contribution in [0.15, 0.2) is 54.6 Å². The molecule has 0 spiro atoms. The SMILES string of the molecule is O=C(NCc1ccccc1)OC[N+]1(CCCCN2C(=O)C3CCCCC3C2=O)CCN(c2nsc3ccccc23)CC1.[CH3-]. The van der Waals surface area contributed by atoms with Crippen molar-refractivity contribution < 1.29 is 23.6 Å². The van der Waals surface area contributed by atoms with Gasteiger partial charge in [-0.2, -0.15) is 4.37 Å². The number of hydrogen-bond acceptors (Lipinski definition) is 7. The van der Waals surface area contributed by atoms with Gasteiger partial charge < -0.3 is 22.4 Å². The van der Waals surface area contributed by atoms with Gasteiger partial charge in [0, 0.05) is 18.5 Å². The number of quaternary nitrogens is 1. The molecule has 2 atom stereocenters. The van der Waals surface area contributed by atoms with Crippen LogP contribution in [0.2, 0.25) is 0 Å². The van der Waals surface area contributed by atoms with E-state index in [1.807, 2.05) is 36.4 Å². The summed E-state index contributed by atoms with van der Waals surface area (Å²) in [5, 5.41) is 4.05. The van der Waals surface area contributed by atoms with E-state index < -0.39 is 6.09 Å². The predicted octanol–water partition coefficient (Wildman–Crippen LogP) is 5.22. The van der Waals surface area contributed by atoms with Crippen LogP contribution in [0, 0.1) is 19.3 Å². The Balaban J connectivity index is 0.00000368. The average molecular weight is 606 g/mol. The van der Waals surface area contributed by atoms with Gasteiger partial charge in [0.05, 0.1) is 49.3 Å².